The van der Waals surface area contributed by atoms with Gasteiger partial charge in [-0.25, -0.2) is 0 Å². The number of aryl methyl sites for hydroxylation is 1. The zero-order chi connectivity index (χ0) is 14.1. The van der Waals surface area contributed by atoms with Gasteiger partial charge in [0.05, 0.1) is 17.4 Å². The molecule has 0 aliphatic rings. The molecule has 1 aromatic heterocycles. The Kier molecular flexibility index (Phi) is 3.32. The fourth-order valence-corrected chi connectivity index (χ4v) is 2.56. The Balaban J connectivity index is 2.12. The molecule has 20 heavy (non-hydrogen) atoms. The highest BCUT2D eigenvalue weighted by Crippen LogP contribution is 2.35. The predicted molar refractivity (Wildman–Crippen MR) is 85.1 cm³/mol. The van der Waals surface area contributed by atoms with Crippen molar-refractivity contribution in [2.24, 2.45) is 0 Å². The van der Waals surface area contributed by atoms with Gasteiger partial charge in [-0.3, -0.25) is 4.98 Å². The summed E-state index contributed by atoms with van der Waals surface area (Å²) < 4.78 is 7.05. The normalized spacial score (nSPS) is 10.7. The van der Waals surface area contributed by atoms with E-state index in [-0.39, 0.29) is 0 Å². The van der Waals surface area contributed by atoms with Crippen molar-refractivity contribution in [3.8, 4) is 11.5 Å². The number of benzene rings is 2. The summed E-state index contributed by atoms with van der Waals surface area (Å²) in [5, 5.41) is 0.912. The maximum atomic E-state index is 6.02. The molecular formula is C16H13BrN2O. The number of para-hydroxylation sites is 1. The first-order valence-electron chi connectivity index (χ1n) is 6.22. The Morgan fingerprint density at radius 2 is 1.95 bits per heavy atom. The minimum Gasteiger partial charge on any atom is -0.454 e. The van der Waals surface area contributed by atoms with Gasteiger partial charge in [0.1, 0.15) is 5.75 Å². The van der Waals surface area contributed by atoms with Crippen LogP contribution in [0.3, 0.4) is 0 Å². The molecule has 2 N–H and O–H groups in total. The van der Waals surface area contributed by atoms with E-state index in [1.165, 1.54) is 0 Å². The molecule has 3 aromatic rings. The minimum atomic E-state index is 0.533. The van der Waals surface area contributed by atoms with Gasteiger partial charge in [-0.1, -0.05) is 28.1 Å². The molecular weight excluding hydrogens is 316 g/mol. The van der Waals surface area contributed by atoms with Gasteiger partial charge in [0.25, 0.3) is 0 Å². The van der Waals surface area contributed by atoms with Gasteiger partial charge in [-0.05, 0) is 42.8 Å². The Bertz CT molecular complexity index is 787. The highest BCUT2D eigenvalue weighted by Gasteiger charge is 2.10. The van der Waals surface area contributed by atoms with Gasteiger partial charge in [0.2, 0.25) is 0 Å². The number of fused-ring (bicyclic) bond motifs is 1. The molecule has 0 bridgehead atoms. The largest absolute Gasteiger partial charge is 0.454 e. The molecule has 0 aliphatic heterocycles. The van der Waals surface area contributed by atoms with Crippen LogP contribution in [0, 0.1) is 6.92 Å². The summed E-state index contributed by atoms with van der Waals surface area (Å²) in [6.45, 7) is 2.00. The number of nitrogens with two attached hydrogens (primary N) is 1. The van der Waals surface area contributed by atoms with Crippen molar-refractivity contribution in [3.05, 3.63) is 58.7 Å². The second-order valence-electron chi connectivity index (χ2n) is 4.57. The van der Waals surface area contributed by atoms with Crippen LogP contribution in [0.15, 0.2) is 53.1 Å². The van der Waals surface area contributed by atoms with E-state index in [0.29, 0.717) is 11.4 Å². The van der Waals surface area contributed by atoms with Crippen LogP contribution in [-0.2, 0) is 0 Å². The first-order chi connectivity index (χ1) is 9.65. The monoisotopic (exact) mass is 328 g/mol. The summed E-state index contributed by atoms with van der Waals surface area (Å²) >= 11 is 3.45. The third-order valence-corrected chi connectivity index (χ3v) is 3.60. The molecule has 2 aromatic carbocycles. The van der Waals surface area contributed by atoms with Gasteiger partial charge < -0.3 is 10.5 Å². The van der Waals surface area contributed by atoms with Crippen LogP contribution in [0.1, 0.15) is 5.56 Å². The van der Waals surface area contributed by atoms with Crippen LogP contribution in [0.5, 0.6) is 11.5 Å². The SMILES string of the molecule is Cc1cc(Br)ccc1Oc1c(N)cnc2ccccc12. The summed E-state index contributed by atoms with van der Waals surface area (Å²) in [5.74, 6) is 1.44. The summed E-state index contributed by atoms with van der Waals surface area (Å²) in [4.78, 5) is 4.31. The second-order valence-corrected chi connectivity index (χ2v) is 5.49. The number of halogens is 1. The lowest BCUT2D eigenvalue weighted by atomic mass is 10.2. The lowest BCUT2D eigenvalue weighted by Crippen LogP contribution is -1.96. The molecule has 0 spiro atoms. The molecule has 100 valence electrons. The first-order valence-corrected chi connectivity index (χ1v) is 7.01. The maximum absolute atomic E-state index is 6.02. The lowest BCUT2D eigenvalue weighted by molar-refractivity contribution is 0.486. The van der Waals surface area contributed by atoms with Crippen LogP contribution in [0.2, 0.25) is 0 Å². The van der Waals surface area contributed by atoms with Crippen molar-refractivity contribution >= 4 is 32.5 Å². The lowest BCUT2D eigenvalue weighted by Gasteiger charge is -2.13. The molecule has 0 saturated heterocycles. The van der Waals surface area contributed by atoms with Crippen molar-refractivity contribution in [2.45, 2.75) is 6.92 Å². The van der Waals surface area contributed by atoms with E-state index >= 15 is 0 Å². The maximum Gasteiger partial charge on any atom is 0.161 e. The quantitative estimate of drug-likeness (QED) is 0.742. The van der Waals surface area contributed by atoms with Crippen LogP contribution >= 0.6 is 15.9 Å². The van der Waals surface area contributed by atoms with E-state index in [4.69, 9.17) is 10.5 Å². The molecule has 0 saturated carbocycles. The molecule has 1 heterocycles. The Hall–Kier alpha value is -2.07. The number of ether oxygens (including phenoxy) is 1. The van der Waals surface area contributed by atoms with Gasteiger partial charge in [-0.15, -0.1) is 0 Å². The molecule has 0 unspecified atom stereocenters. The highest BCUT2D eigenvalue weighted by atomic mass is 79.9. The Morgan fingerprint density at radius 1 is 1.15 bits per heavy atom. The van der Waals surface area contributed by atoms with E-state index < -0.39 is 0 Å². The van der Waals surface area contributed by atoms with Crippen molar-refractivity contribution in [2.75, 3.05) is 5.73 Å². The van der Waals surface area contributed by atoms with Gasteiger partial charge in [0, 0.05) is 9.86 Å². The van der Waals surface area contributed by atoms with Crippen molar-refractivity contribution in [3.63, 3.8) is 0 Å². The van der Waals surface area contributed by atoms with Crippen LogP contribution in [-0.4, -0.2) is 4.98 Å². The topological polar surface area (TPSA) is 48.1 Å². The molecule has 3 nitrogen and oxygen atoms in total. The molecule has 0 fully saturated rings. The molecule has 4 heteroatoms. The van der Waals surface area contributed by atoms with Gasteiger partial charge in [0.15, 0.2) is 5.75 Å². The van der Waals surface area contributed by atoms with Crippen LogP contribution < -0.4 is 10.5 Å². The van der Waals surface area contributed by atoms with E-state index in [9.17, 15) is 0 Å². The summed E-state index contributed by atoms with van der Waals surface area (Å²) in [7, 11) is 0. The zero-order valence-electron chi connectivity index (χ0n) is 10.9. The fourth-order valence-electron chi connectivity index (χ4n) is 2.08. The van der Waals surface area contributed by atoms with E-state index in [0.717, 1.165) is 26.7 Å². The van der Waals surface area contributed by atoms with E-state index in [1.807, 2.05) is 49.4 Å². The number of aromatic nitrogens is 1. The molecule has 3 rings (SSSR count). The smallest absolute Gasteiger partial charge is 0.161 e. The van der Waals surface area contributed by atoms with Crippen molar-refractivity contribution in [1.82, 2.24) is 4.98 Å². The Labute approximate surface area is 125 Å². The highest BCUT2D eigenvalue weighted by molar-refractivity contribution is 9.10. The summed E-state index contributed by atoms with van der Waals surface area (Å²) in [5.41, 5.74) is 8.46. The number of anilines is 1. The number of rotatable bonds is 2. The number of hydrogen-bond acceptors (Lipinski definition) is 3. The van der Waals surface area contributed by atoms with Crippen LogP contribution in [0.25, 0.3) is 10.9 Å². The summed E-state index contributed by atoms with van der Waals surface area (Å²) in [6.07, 6.45) is 1.63. The molecule has 0 radical (unpaired) electrons. The predicted octanol–water partition coefficient (Wildman–Crippen LogP) is 4.68. The summed E-state index contributed by atoms with van der Waals surface area (Å²) in [6, 6.07) is 13.7. The van der Waals surface area contributed by atoms with E-state index in [2.05, 4.69) is 20.9 Å². The van der Waals surface area contributed by atoms with Crippen LogP contribution in [0.4, 0.5) is 5.69 Å². The average molecular weight is 329 g/mol. The number of hydrogen-bond donors (Lipinski definition) is 1. The van der Waals surface area contributed by atoms with E-state index in [1.54, 1.807) is 6.20 Å². The first kappa shape index (κ1) is 12.9. The third kappa shape index (κ3) is 2.34. The third-order valence-electron chi connectivity index (χ3n) is 3.10. The minimum absolute atomic E-state index is 0.533. The molecule has 0 amide bonds. The zero-order valence-corrected chi connectivity index (χ0v) is 12.5. The number of pyridine rings is 1. The second kappa shape index (κ2) is 5.13. The number of nitrogens with zero attached hydrogens (tertiary/aromatic N) is 1. The van der Waals surface area contributed by atoms with Crippen molar-refractivity contribution in [1.29, 1.82) is 0 Å². The van der Waals surface area contributed by atoms with Gasteiger partial charge in [-0.2, -0.15) is 0 Å². The Morgan fingerprint density at radius 3 is 2.75 bits per heavy atom. The van der Waals surface area contributed by atoms with Crippen molar-refractivity contribution < 1.29 is 4.74 Å². The average Bonchev–Trinajstić information content (AvgIpc) is 2.44. The molecule has 0 aliphatic carbocycles. The molecule has 0 atom stereocenters. The standard InChI is InChI=1S/C16H13BrN2O/c1-10-8-11(17)6-7-15(10)20-16-12-4-2-3-5-14(12)19-9-13(16)18/h2-9H,18H2,1H3. The fraction of sp³-hybridized carbons (Fsp3) is 0.0625. The van der Waals surface area contributed by atoms with Gasteiger partial charge >= 0.3 is 0 Å². The number of nitrogen functional groups attached to an aromatic ring is 1.